The van der Waals surface area contributed by atoms with Crippen molar-refractivity contribution in [1.29, 1.82) is 0 Å². The van der Waals surface area contributed by atoms with Gasteiger partial charge >= 0.3 is 0 Å². The highest BCUT2D eigenvalue weighted by Crippen LogP contribution is 2.23. The van der Waals surface area contributed by atoms with Crippen molar-refractivity contribution >= 4 is 30.7 Å². The Morgan fingerprint density at radius 1 is 1.27 bits per heavy atom. The molecule has 2 aliphatic heterocycles. The lowest BCUT2D eigenvalue weighted by molar-refractivity contribution is -0.137. The van der Waals surface area contributed by atoms with Crippen molar-refractivity contribution in [2.75, 3.05) is 39.3 Å². The van der Waals surface area contributed by atoms with Crippen molar-refractivity contribution in [3.8, 4) is 0 Å². The molecule has 2 heterocycles. The van der Waals surface area contributed by atoms with Crippen molar-refractivity contribution in [2.45, 2.75) is 26.8 Å². The van der Waals surface area contributed by atoms with E-state index in [1.165, 1.54) is 12.0 Å². The predicted molar refractivity (Wildman–Crippen MR) is 112 cm³/mol. The van der Waals surface area contributed by atoms with Crippen molar-refractivity contribution in [3.05, 3.63) is 35.9 Å². The van der Waals surface area contributed by atoms with Gasteiger partial charge in [0.25, 0.3) is 0 Å². The van der Waals surface area contributed by atoms with Crippen molar-refractivity contribution in [3.63, 3.8) is 0 Å². The SMILES string of the molecule is CCN(CC1CCN(Cc2ccccc2)C1)C(=O)C(C)C1CNC1.Cl.Cl. The molecule has 26 heavy (non-hydrogen) atoms. The molecular formula is C20H33Cl2N3O. The molecule has 4 nitrogen and oxygen atoms in total. The molecule has 2 unspecified atom stereocenters. The second-order valence-corrected chi connectivity index (χ2v) is 7.46. The number of benzene rings is 1. The molecule has 2 atom stereocenters. The first-order valence-electron chi connectivity index (χ1n) is 9.43. The van der Waals surface area contributed by atoms with Crippen LogP contribution in [-0.2, 0) is 11.3 Å². The van der Waals surface area contributed by atoms with E-state index >= 15 is 0 Å². The van der Waals surface area contributed by atoms with Gasteiger partial charge in [0, 0.05) is 32.1 Å². The zero-order valence-electron chi connectivity index (χ0n) is 15.9. The second-order valence-electron chi connectivity index (χ2n) is 7.46. The monoisotopic (exact) mass is 401 g/mol. The minimum atomic E-state index is 0. The molecule has 1 aromatic carbocycles. The van der Waals surface area contributed by atoms with Crippen LogP contribution in [0.3, 0.4) is 0 Å². The number of hydrogen-bond donors (Lipinski definition) is 1. The number of nitrogens with zero attached hydrogens (tertiary/aromatic N) is 2. The lowest BCUT2D eigenvalue weighted by Crippen LogP contribution is -2.51. The highest BCUT2D eigenvalue weighted by molar-refractivity contribution is 5.85. The molecule has 2 aliphatic rings. The van der Waals surface area contributed by atoms with Crippen LogP contribution in [0.25, 0.3) is 0 Å². The topological polar surface area (TPSA) is 35.6 Å². The summed E-state index contributed by atoms with van der Waals surface area (Å²) in [6.07, 6.45) is 1.20. The largest absolute Gasteiger partial charge is 0.342 e. The van der Waals surface area contributed by atoms with Crippen LogP contribution < -0.4 is 5.32 Å². The summed E-state index contributed by atoms with van der Waals surface area (Å²) in [5.41, 5.74) is 1.38. The molecule has 6 heteroatoms. The molecule has 148 valence electrons. The summed E-state index contributed by atoms with van der Waals surface area (Å²) in [5.74, 6) is 1.66. The number of nitrogens with one attached hydrogen (secondary N) is 1. The highest BCUT2D eigenvalue weighted by Gasteiger charge is 2.33. The van der Waals surface area contributed by atoms with E-state index in [0.717, 1.165) is 45.8 Å². The summed E-state index contributed by atoms with van der Waals surface area (Å²) in [7, 11) is 0. The van der Waals surface area contributed by atoms with Crippen molar-refractivity contribution in [1.82, 2.24) is 15.1 Å². The van der Waals surface area contributed by atoms with Gasteiger partial charge in [-0.25, -0.2) is 0 Å². The highest BCUT2D eigenvalue weighted by atomic mass is 35.5. The Bertz CT molecular complexity index is 539. The Balaban J connectivity index is 0.00000169. The van der Waals surface area contributed by atoms with E-state index in [-0.39, 0.29) is 30.7 Å². The van der Waals surface area contributed by atoms with Crippen LogP contribution in [0, 0.1) is 17.8 Å². The molecule has 1 N–H and O–H groups in total. The fourth-order valence-corrected chi connectivity index (χ4v) is 3.89. The van der Waals surface area contributed by atoms with E-state index in [9.17, 15) is 4.79 Å². The lowest BCUT2D eigenvalue weighted by atomic mass is 9.87. The van der Waals surface area contributed by atoms with E-state index in [1.807, 2.05) is 0 Å². The van der Waals surface area contributed by atoms with Crippen LogP contribution in [0.2, 0.25) is 0 Å². The van der Waals surface area contributed by atoms with Crippen LogP contribution in [-0.4, -0.2) is 55.0 Å². The van der Waals surface area contributed by atoms with Crippen LogP contribution in [0.4, 0.5) is 0 Å². The Kier molecular flexibility index (Phi) is 9.94. The third-order valence-corrected chi connectivity index (χ3v) is 5.70. The molecule has 3 rings (SSSR count). The number of carbonyl (C=O) groups excluding carboxylic acids is 1. The van der Waals surface area contributed by atoms with Gasteiger partial charge < -0.3 is 10.2 Å². The minimum Gasteiger partial charge on any atom is -0.342 e. The van der Waals surface area contributed by atoms with Gasteiger partial charge in [-0.2, -0.15) is 0 Å². The van der Waals surface area contributed by atoms with E-state index in [4.69, 9.17) is 0 Å². The molecule has 2 saturated heterocycles. The van der Waals surface area contributed by atoms with Gasteiger partial charge in [0.1, 0.15) is 0 Å². The molecule has 0 spiro atoms. The number of likely N-dealkylation sites (tertiary alicyclic amines) is 1. The summed E-state index contributed by atoms with van der Waals surface area (Å²) in [6, 6.07) is 10.7. The standard InChI is InChI=1S/C20H31N3O.2ClH/c1-3-23(20(24)16(2)19-11-21-12-19)15-18-9-10-22(14-18)13-17-7-5-4-6-8-17;;/h4-8,16,18-19,21H,3,9-15H2,1-2H3;2*1H. The van der Waals surface area contributed by atoms with Gasteiger partial charge in [-0.3, -0.25) is 9.69 Å². The zero-order valence-corrected chi connectivity index (χ0v) is 17.5. The third-order valence-electron chi connectivity index (χ3n) is 5.70. The lowest BCUT2D eigenvalue weighted by Gasteiger charge is -2.35. The molecular weight excluding hydrogens is 369 g/mol. The molecule has 1 amide bonds. The summed E-state index contributed by atoms with van der Waals surface area (Å²) in [4.78, 5) is 17.4. The number of carbonyl (C=O) groups is 1. The number of amides is 1. The maximum Gasteiger partial charge on any atom is 0.225 e. The average Bonchev–Trinajstić information content (AvgIpc) is 2.98. The van der Waals surface area contributed by atoms with Crippen LogP contribution in [0.1, 0.15) is 25.8 Å². The molecule has 1 aromatic rings. The maximum absolute atomic E-state index is 12.8. The summed E-state index contributed by atoms with van der Waals surface area (Å²) >= 11 is 0. The molecule has 0 bridgehead atoms. The third kappa shape index (κ3) is 5.85. The molecule has 0 radical (unpaired) electrons. The number of rotatable bonds is 7. The first-order chi connectivity index (χ1) is 11.7. The molecule has 0 saturated carbocycles. The van der Waals surface area contributed by atoms with E-state index in [2.05, 4.69) is 59.3 Å². The van der Waals surface area contributed by atoms with Crippen molar-refractivity contribution in [2.24, 2.45) is 17.8 Å². The predicted octanol–water partition coefficient (Wildman–Crippen LogP) is 3.06. The number of hydrogen-bond acceptors (Lipinski definition) is 3. The normalized spacial score (nSPS) is 21.2. The average molecular weight is 402 g/mol. The number of halogens is 2. The first-order valence-corrected chi connectivity index (χ1v) is 9.43. The Morgan fingerprint density at radius 2 is 1.96 bits per heavy atom. The van der Waals surface area contributed by atoms with Gasteiger partial charge in [-0.15, -0.1) is 24.8 Å². The van der Waals surface area contributed by atoms with Crippen LogP contribution in [0.5, 0.6) is 0 Å². The fraction of sp³-hybridized carbons (Fsp3) is 0.650. The smallest absolute Gasteiger partial charge is 0.225 e. The van der Waals surface area contributed by atoms with Gasteiger partial charge in [0.2, 0.25) is 5.91 Å². The minimum absolute atomic E-state index is 0. The van der Waals surface area contributed by atoms with E-state index < -0.39 is 0 Å². The van der Waals surface area contributed by atoms with E-state index in [0.29, 0.717) is 17.7 Å². The maximum atomic E-state index is 12.8. The Labute approximate surface area is 170 Å². The van der Waals surface area contributed by atoms with Gasteiger partial charge in [0.15, 0.2) is 0 Å². The van der Waals surface area contributed by atoms with Crippen LogP contribution >= 0.6 is 24.8 Å². The zero-order chi connectivity index (χ0) is 16.9. The van der Waals surface area contributed by atoms with Gasteiger partial charge in [-0.05, 0) is 50.4 Å². The fourth-order valence-electron chi connectivity index (χ4n) is 3.89. The van der Waals surface area contributed by atoms with Gasteiger partial charge in [0.05, 0.1) is 0 Å². The molecule has 0 aliphatic carbocycles. The van der Waals surface area contributed by atoms with E-state index in [1.54, 1.807) is 0 Å². The molecule has 0 aromatic heterocycles. The Morgan fingerprint density at radius 3 is 2.54 bits per heavy atom. The van der Waals surface area contributed by atoms with Gasteiger partial charge in [-0.1, -0.05) is 37.3 Å². The first kappa shape index (κ1) is 23.2. The molecule has 2 fully saturated rings. The summed E-state index contributed by atoms with van der Waals surface area (Å²) in [5, 5.41) is 3.28. The second kappa shape index (κ2) is 11.1. The van der Waals surface area contributed by atoms with Crippen molar-refractivity contribution < 1.29 is 4.79 Å². The Hall–Kier alpha value is -0.810. The quantitative estimate of drug-likeness (QED) is 0.762. The summed E-state index contributed by atoms with van der Waals surface area (Å²) in [6.45, 7) is 11.3. The summed E-state index contributed by atoms with van der Waals surface area (Å²) < 4.78 is 0. The van der Waals surface area contributed by atoms with Crippen LogP contribution in [0.15, 0.2) is 30.3 Å².